The zero-order valence-corrected chi connectivity index (χ0v) is 13.8. The molecule has 0 saturated heterocycles. The van der Waals surface area contributed by atoms with E-state index in [0.29, 0.717) is 10.0 Å². The van der Waals surface area contributed by atoms with Gasteiger partial charge in [-0.2, -0.15) is 0 Å². The van der Waals surface area contributed by atoms with Gasteiger partial charge in [0.05, 0.1) is 17.6 Å². The minimum absolute atomic E-state index is 0.197. The van der Waals surface area contributed by atoms with Crippen LogP contribution in [0.1, 0.15) is 30.5 Å². The van der Waals surface area contributed by atoms with E-state index in [1.54, 1.807) is 13.2 Å². The average molecular weight is 352 g/mol. The first kappa shape index (κ1) is 16.0. The molecule has 4 heteroatoms. The number of nitrogens with one attached hydrogen (secondary N) is 1. The highest BCUT2D eigenvalue weighted by Crippen LogP contribution is 2.30. The lowest BCUT2D eigenvalue weighted by molar-refractivity contribution is 0.413. The van der Waals surface area contributed by atoms with Crippen LogP contribution >= 0.6 is 15.9 Å². The molecule has 1 N–H and O–H groups in total. The molecule has 0 aliphatic carbocycles. The van der Waals surface area contributed by atoms with Crippen LogP contribution in [-0.2, 0) is 0 Å². The third-order valence-electron chi connectivity index (χ3n) is 3.32. The Morgan fingerprint density at radius 1 is 1.24 bits per heavy atom. The second kappa shape index (κ2) is 7.57. The lowest BCUT2D eigenvalue weighted by Crippen LogP contribution is -2.24. The Labute approximate surface area is 133 Å². The summed E-state index contributed by atoms with van der Waals surface area (Å²) in [6.07, 6.45) is 0.982. The summed E-state index contributed by atoms with van der Waals surface area (Å²) in [6, 6.07) is 12.9. The predicted molar refractivity (Wildman–Crippen MR) is 87.2 cm³/mol. The zero-order chi connectivity index (χ0) is 15.2. The van der Waals surface area contributed by atoms with E-state index in [1.807, 2.05) is 36.4 Å². The van der Waals surface area contributed by atoms with E-state index >= 15 is 0 Å². The fraction of sp³-hybridized carbons (Fsp3) is 0.294. The third-order valence-corrected chi connectivity index (χ3v) is 3.93. The first-order chi connectivity index (χ1) is 10.2. The van der Waals surface area contributed by atoms with Crippen LogP contribution < -0.4 is 10.1 Å². The molecule has 21 heavy (non-hydrogen) atoms. The van der Waals surface area contributed by atoms with Crippen molar-refractivity contribution in [1.29, 1.82) is 0 Å². The minimum atomic E-state index is -0.228. The Kier molecular flexibility index (Phi) is 5.76. The van der Waals surface area contributed by atoms with Crippen LogP contribution in [0, 0.1) is 5.82 Å². The van der Waals surface area contributed by atoms with Gasteiger partial charge < -0.3 is 10.1 Å². The molecule has 0 bridgehead atoms. The van der Waals surface area contributed by atoms with Gasteiger partial charge in [0.2, 0.25) is 0 Å². The molecule has 1 unspecified atom stereocenters. The van der Waals surface area contributed by atoms with Crippen molar-refractivity contribution in [3.8, 4) is 5.75 Å². The van der Waals surface area contributed by atoms with Gasteiger partial charge in [0.15, 0.2) is 0 Å². The van der Waals surface area contributed by atoms with Gasteiger partial charge >= 0.3 is 0 Å². The summed E-state index contributed by atoms with van der Waals surface area (Å²) >= 11 is 3.26. The molecule has 0 aliphatic rings. The van der Waals surface area contributed by atoms with E-state index in [9.17, 15) is 4.39 Å². The van der Waals surface area contributed by atoms with Crippen molar-refractivity contribution in [1.82, 2.24) is 5.32 Å². The quantitative estimate of drug-likeness (QED) is 0.815. The van der Waals surface area contributed by atoms with E-state index < -0.39 is 0 Å². The molecule has 1 atom stereocenters. The summed E-state index contributed by atoms with van der Waals surface area (Å²) in [6.45, 7) is 2.90. The molecule has 0 radical (unpaired) electrons. The van der Waals surface area contributed by atoms with Crippen molar-refractivity contribution < 1.29 is 9.13 Å². The molecule has 0 saturated carbocycles. The number of halogens is 2. The summed E-state index contributed by atoms with van der Waals surface area (Å²) < 4.78 is 20.2. The SMILES string of the molecule is CCCNC(c1cccc(OC)c1)c1cccc(Br)c1F. The standard InChI is InChI=1S/C17H19BrFNO/c1-3-10-20-17(12-6-4-7-13(11-12)21-2)14-8-5-9-15(18)16(14)19/h4-9,11,17,20H,3,10H2,1-2H3. The van der Waals surface area contributed by atoms with Crippen LogP contribution in [0.2, 0.25) is 0 Å². The van der Waals surface area contributed by atoms with Crippen molar-refractivity contribution in [2.75, 3.05) is 13.7 Å². The highest BCUT2D eigenvalue weighted by molar-refractivity contribution is 9.10. The fourth-order valence-electron chi connectivity index (χ4n) is 2.26. The molecule has 0 fully saturated rings. The number of hydrogen-bond donors (Lipinski definition) is 1. The number of benzene rings is 2. The van der Waals surface area contributed by atoms with Crippen LogP contribution in [0.25, 0.3) is 0 Å². The number of rotatable bonds is 6. The fourth-order valence-corrected chi connectivity index (χ4v) is 2.64. The van der Waals surface area contributed by atoms with Crippen LogP contribution in [0.5, 0.6) is 5.75 Å². The minimum Gasteiger partial charge on any atom is -0.497 e. The van der Waals surface area contributed by atoms with Gasteiger partial charge in [-0.25, -0.2) is 4.39 Å². The van der Waals surface area contributed by atoms with Crippen LogP contribution in [0.4, 0.5) is 4.39 Å². The highest BCUT2D eigenvalue weighted by atomic mass is 79.9. The first-order valence-corrected chi connectivity index (χ1v) is 7.78. The normalized spacial score (nSPS) is 12.2. The van der Waals surface area contributed by atoms with Gasteiger partial charge in [0.1, 0.15) is 11.6 Å². The molecule has 0 spiro atoms. The molecule has 2 rings (SSSR count). The molecule has 0 aromatic heterocycles. The van der Waals surface area contributed by atoms with E-state index in [-0.39, 0.29) is 11.9 Å². The number of ether oxygens (including phenoxy) is 1. The Morgan fingerprint density at radius 2 is 2.00 bits per heavy atom. The topological polar surface area (TPSA) is 21.3 Å². The van der Waals surface area contributed by atoms with Crippen molar-refractivity contribution >= 4 is 15.9 Å². The predicted octanol–water partition coefficient (Wildman–Crippen LogP) is 4.69. The summed E-state index contributed by atoms with van der Waals surface area (Å²) in [7, 11) is 1.63. The lowest BCUT2D eigenvalue weighted by Gasteiger charge is -2.21. The van der Waals surface area contributed by atoms with Gasteiger partial charge in [-0.1, -0.05) is 31.2 Å². The maximum atomic E-state index is 14.4. The van der Waals surface area contributed by atoms with Crippen LogP contribution in [0.15, 0.2) is 46.9 Å². The van der Waals surface area contributed by atoms with Gasteiger partial charge in [-0.15, -0.1) is 0 Å². The Bertz CT molecular complexity index is 603. The molecule has 112 valence electrons. The Hall–Kier alpha value is -1.39. The Morgan fingerprint density at radius 3 is 2.71 bits per heavy atom. The summed E-state index contributed by atoms with van der Waals surface area (Å²) in [5.74, 6) is 0.542. The number of methoxy groups -OCH3 is 1. The van der Waals surface area contributed by atoms with Crippen molar-refractivity contribution in [3.05, 3.63) is 63.9 Å². The maximum absolute atomic E-state index is 14.4. The van der Waals surface area contributed by atoms with Crippen molar-refractivity contribution in [3.63, 3.8) is 0 Å². The second-order valence-electron chi connectivity index (χ2n) is 4.81. The van der Waals surface area contributed by atoms with Gasteiger partial charge in [0.25, 0.3) is 0 Å². The monoisotopic (exact) mass is 351 g/mol. The summed E-state index contributed by atoms with van der Waals surface area (Å²) in [4.78, 5) is 0. The molecule has 2 nitrogen and oxygen atoms in total. The molecule has 0 aliphatic heterocycles. The number of hydrogen-bond acceptors (Lipinski definition) is 2. The molecular weight excluding hydrogens is 333 g/mol. The second-order valence-corrected chi connectivity index (χ2v) is 5.66. The van der Waals surface area contributed by atoms with E-state index in [4.69, 9.17) is 4.74 Å². The zero-order valence-electron chi connectivity index (χ0n) is 12.2. The van der Waals surface area contributed by atoms with Gasteiger partial charge in [0, 0.05) is 5.56 Å². The molecule has 0 amide bonds. The Balaban J connectivity index is 2.44. The molecule has 0 heterocycles. The summed E-state index contributed by atoms with van der Waals surface area (Å²) in [5.41, 5.74) is 1.62. The average Bonchev–Trinajstić information content (AvgIpc) is 2.52. The molecule has 2 aromatic carbocycles. The molecular formula is C17H19BrFNO. The smallest absolute Gasteiger partial charge is 0.142 e. The van der Waals surface area contributed by atoms with Gasteiger partial charge in [-0.05, 0) is 52.7 Å². The highest BCUT2D eigenvalue weighted by Gasteiger charge is 2.19. The van der Waals surface area contributed by atoms with Crippen molar-refractivity contribution in [2.45, 2.75) is 19.4 Å². The largest absolute Gasteiger partial charge is 0.497 e. The molecule has 2 aromatic rings. The third kappa shape index (κ3) is 3.83. The van der Waals surface area contributed by atoms with E-state index in [1.165, 1.54) is 0 Å². The van der Waals surface area contributed by atoms with E-state index in [0.717, 1.165) is 24.3 Å². The first-order valence-electron chi connectivity index (χ1n) is 6.98. The van der Waals surface area contributed by atoms with E-state index in [2.05, 4.69) is 28.2 Å². The van der Waals surface area contributed by atoms with Crippen LogP contribution in [0.3, 0.4) is 0 Å². The van der Waals surface area contributed by atoms with Crippen LogP contribution in [-0.4, -0.2) is 13.7 Å². The van der Waals surface area contributed by atoms with Gasteiger partial charge in [-0.3, -0.25) is 0 Å². The summed E-state index contributed by atoms with van der Waals surface area (Å²) in [5, 5.41) is 3.40. The lowest BCUT2D eigenvalue weighted by atomic mass is 9.98. The maximum Gasteiger partial charge on any atom is 0.142 e. The van der Waals surface area contributed by atoms with Crippen molar-refractivity contribution in [2.24, 2.45) is 0 Å².